The first-order valence-electron chi connectivity index (χ1n) is 9.56. The third kappa shape index (κ3) is 3.01. The number of amides is 1. The van der Waals surface area contributed by atoms with Crippen LogP contribution in [0, 0.1) is 5.82 Å². The number of halogens is 1. The zero-order chi connectivity index (χ0) is 21.0. The number of guanidine groups is 1. The molecule has 2 aromatic rings. The molecule has 7 heteroatoms. The van der Waals surface area contributed by atoms with E-state index in [-0.39, 0.29) is 17.6 Å². The van der Waals surface area contributed by atoms with Gasteiger partial charge in [0.05, 0.1) is 6.61 Å². The van der Waals surface area contributed by atoms with Crippen molar-refractivity contribution in [2.24, 2.45) is 10.7 Å². The van der Waals surface area contributed by atoms with Gasteiger partial charge in [-0.2, -0.15) is 0 Å². The lowest BCUT2D eigenvalue weighted by molar-refractivity contribution is -0.133. The third-order valence-electron chi connectivity index (χ3n) is 5.36. The smallest absolute Gasteiger partial charge is 0.261 e. The van der Waals surface area contributed by atoms with Gasteiger partial charge in [0.15, 0.2) is 23.1 Å². The van der Waals surface area contributed by atoms with Crippen LogP contribution in [0.5, 0.6) is 11.5 Å². The van der Waals surface area contributed by atoms with Gasteiger partial charge in [0.2, 0.25) is 0 Å². The standard InChI is InChI=1S/C22H24FN3O3/c1-5-28-18-11-14(6-8-16(18)23)13-7-9-17-15(10-13)22(12-21(2,3)29-17)19(27)26(4)20(24)25-22/h6-11H,5,12H2,1-4H3,(H2,24,25). The molecule has 2 aromatic carbocycles. The summed E-state index contributed by atoms with van der Waals surface area (Å²) in [6, 6.07) is 10.3. The van der Waals surface area contributed by atoms with Crippen LogP contribution >= 0.6 is 0 Å². The van der Waals surface area contributed by atoms with Gasteiger partial charge in [-0.15, -0.1) is 0 Å². The third-order valence-corrected chi connectivity index (χ3v) is 5.36. The maximum Gasteiger partial charge on any atom is 0.261 e. The Morgan fingerprint density at radius 3 is 2.59 bits per heavy atom. The molecule has 0 aliphatic carbocycles. The van der Waals surface area contributed by atoms with Gasteiger partial charge in [0, 0.05) is 19.0 Å². The lowest BCUT2D eigenvalue weighted by Crippen LogP contribution is -2.49. The molecule has 152 valence electrons. The topological polar surface area (TPSA) is 77.2 Å². The maximum absolute atomic E-state index is 14.0. The highest BCUT2D eigenvalue weighted by atomic mass is 19.1. The van der Waals surface area contributed by atoms with E-state index in [1.807, 2.05) is 32.0 Å². The number of likely N-dealkylation sites (N-methyl/N-ethyl adjacent to an activating group) is 1. The summed E-state index contributed by atoms with van der Waals surface area (Å²) in [5, 5.41) is 0. The van der Waals surface area contributed by atoms with Crippen molar-refractivity contribution < 1.29 is 18.7 Å². The van der Waals surface area contributed by atoms with Crippen molar-refractivity contribution in [2.75, 3.05) is 13.7 Å². The highest BCUT2D eigenvalue weighted by Crippen LogP contribution is 2.49. The number of nitrogens with two attached hydrogens (primary N) is 1. The number of rotatable bonds is 3. The lowest BCUT2D eigenvalue weighted by Gasteiger charge is -2.41. The van der Waals surface area contributed by atoms with Crippen LogP contribution in [-0.2, 0) is 10.3 Å². The summed E-state index contributed by atoms with van der Waals surface area (Å²) in [5.74, 6) is 0.370. The first-order chi connectivity index (χ1) is 13.7. The Labute approximate surface area is 169 Å². The molecule has 1 unspecified atom stereocenters. The predicted molar refractivity (Wildman–Crippen MR) is 108 cm³/mol. The number of nitrogens with zero attached hydrogens (tertiary/aromatic N) is 2. The van der Waals surface area contributed by atoms with E-state index in [0.29, 0.717) is 24.3 Å². The van der Waals surface area contributed by atoms with Crippen molar-refractivity contribution in [1.82, 2.24) is 4.90 Å². The van der Waals surface area contributed by atoms with E-state index in [4.69, 9.17) is 15.2 Å². The van der Waals surface area contributed by atoms with Gasteiger partial charge >= 0.3 is 0 Å². The molecule has 1 atom stereocenters. The fraction of sp³-hybridized carbons (Fsp3) is 0.364. The van der Waals surface area contributed by atoms with E-state index >= 15 is 0 Å². The van der Waals surface area contributed by atoms with Gasteiger partial charge in [-0.05, 0) is 56.2 Å². The molecule has 1 spiro atoms. The number of benzene rings is 2. The monoisotopic (exact) mass is 397 g/mol. The van der Waals surface area contributed by atoms with Crippen molar-refractivity contribution in [3.05, 3.63) is 47.8 Å². The van der Waals surface area contributed by atoms with E-state index < -0.39 is 17.0 Å². The van der Waals surface area contributed by atoms with Crippen molar-refractivity contribution in [3.8, 4) is 22.6 Å². The number of carbonyl (C=O) groups excluding carboxylic acids is 1. The first kappa shape index (κ1) is 19.2. The van der Waals surface area contributed by atoms with Crippen LogP contribution in [0.4, 0.5) is 4.39 Å². The van der Waals surface area contributed by atoms with Crippen molar-refractivity contribution in [3.63, 3.8) is 0 Å². The van der Waals surface area contributed by atoms with Crippen molar-refractivity contribution >= 4 is 11.9 Å². The molecule has 29 heavy (non-hydrogen) atoms. The quantitative estimate of drug-likeness (QED) is 0.861. The highest BCUT2D eigenvalue weighted by Gasteiger charge is 2.55. The molecule has 2 aliphatic rings. The number of fused-ring (bicyclic) bond motifs is 2. The largest absolute Gasteiger partial charge is 0.491 e. The molecule has 0 saturated heterocycles. The van der Waals surface area contributed by atoms with Crippen molar-refractivity contribution in [2.45, 2.75) is 38.3 Å². The molecule has 2 N–H and O–H groups in total. The maximum atomic E-state index is 14.0. The minimum absolute atomic E-state index is 0.182. The molecule has 6 nitrogen and oxygen atoms in total. The Morgan fingerprint density at radius 1 is 1.24 bits per heavy atom. The van der Waals surface area contributed by atoms with Crippen molar-refractivity contribution in [1.29, 1.82) is 0 Å². The summed E-state index contributed by atoms with van der Waals surface area (Å²) in [6.07, 6.45) is 0.369. The van der Waals surface area contributed by atoms with Crippen LogP contribution in [-0.4, -0.2) is 36.0 Å². The molecule has 4 rings (SSSR count). The predicted octanol–water partition coefficient (Wildman–Crippen LogP) is 3.43. The van der Waals surface area contributed by atoms with Gasteiger partial charge in [0.25, 0.3) is 5.91 Å². The first-order valence-corrected chi connectivity index (χ1v) is 9.56. The lowest BCUT2D eigenvalue weighted by atomic mass is 9.77. The zero-order valence-electron chi connectivity index (χ0n) is 17.0. The second kappa shape index (κ2) is 6.47. The summed E-state index contributed by atoms with van der Waals surface area (Å²) in [7, 11) is 1.62. The minimum Gasteiger partial charge on any atom is -0.491 e. The molecule has 0 aromatic heterocycles. The second-order valence-corrected chi connectivity index (χ2v) is 8.02. The number of hydrogen-bond acceptors (Lipinski definition) is 5. The number of carbonyl (C=O) groups is 1. The Kier molecular flexibility index (Phi) is 4.29. The molecule has 0 radical (unpaired) electrons. The summed E-state index contributed by atoms with van der Waals surface area (Å²) in [4.78, 5) is 19.1. The van der Waals surface area contributed by atoms with E-state index in [1.54, 1.807) is 26.1 Å². The average Bonchev–Trinajstić information content (AvgIpc) is 2.87. The van der Waals surface area contributed by atoms with E-state index in [0.717, 1.165) is 11.1 Å². The van der Waals surface area contributed by atoms with Gasteiger partial charge in [0.1, 0.15) is 11.4 Å². The second-order valence-electron chi connectivity index (χ2n) is 8.02. The Hall–Kier alpha value is -3.09. The van der Waals surface area contributed by atoms with Gasteiger partial charge < -0.3 is 15.2 Å². The van der Waals surface area contributed by atoms with Crippen LogP contribution < -0.4 is 15.2 Å². The van der Waals surface area contributed by atoms with Gasteiger partial charge in [-0.1, -0.05) is 12.1 Å². The molecule has 0 bridgehead atoms. The van der Waals surface area contributed by atoms with Crippen LogP contribution in [0.3, 0.4) is 0 Å². The summed E-state index contributed by atoms with van der Waals surface area (Å²) in [5.41, 5.74) is 6.52. The number of aliphatic imine (C=N–C) groups is 1. The highest BCUT2D eigenvalue weighted by molar-refractivity contribution is 6.07. The molecular weight excluding hydrogens is 373 g/mol. The van der Waals surface area contributed by atoms with E-state index in [2.05, 4.69) is 4.99 Å². The number of ether oxygens (including phenoxy) is 2. The van der Waals surface area contributed by atoms with Crippen LogP contribution in [0.15, 0.2) is 41.4 Å². The van der Waals surface area contributed by atoms with E-state index in [9.17, 15) is 9.18 Å². The summed E-state index contributed by atoms with van der Waals surface area (Å²) in [6.45, 7) is 6.03. The Balaban J connectivity index is 1.87. The normalized spacial score (nSPS) is 22.3. The molecule has 2 heterocycles. The van der Waals surface area contributed by atoms with E-state index in [1.165, 1.54) is 11.0 Å². The Morgan fingerprint density at radius 2 is 1.93 bits per heavy atom. The fourth-order valence-corrected chi connectivity index (χ4v) is 4.11. The summed E-state index contributed by atoms with van der Waals surface area (Å²) >= 11 is 0. The average molecular weight is 397 g/mol. The van der Waals surface area contributed by atoms with Crippen LogP contribution in [0.25, 0.3) is 11.1 Å². The molecule has 2 aliphatic heterocycles. The zero-order valence-corrected chi connectivity index (χ0v) is 17.0. The summed E-state index contributed by atoms with van der Waals surface area (Å²) < 4.78 is 25.5. The SMILES string of the molecule is CCOc1cc(-c2ccc3c(c2)C2(CC(C)(C)O3)N=C(N)N(C)C2=O)ccc1F. The van der Waals surface area contributed by atoms with Crippen LogP contribution in [0.1, 0.15) is 32.8 Å². The Bertz CT molecular complexity index is 1030. The minimum atomic E-state index is -1.13. The number of hydrogen-bond donors (Lipinski definition) is 1. The molecule has 0 saturated carbocycles. The molecular formula is C22H24FN3O3. The fourth-order valence-electron chi connectivity index (χ4n) is 4.11. The van der Waals surface area contributed by atoms with Gasteiger partial charge in [-0.25, -0.2) is 9.38 Å². The molecule has 0 fully saturated rings. The molecule has 1 amide bonds. The van der Waals surface area contributed by atoms with Gasteiger partial charge in [-0.3, -0.25) is 9.69 Å². The van der Waals surface area contributed by atoms with Crippen LogP contribution in [0.2, 0.25) is 0 Å².